The van der Waals surface area contributed by atoms with E-state index >= 15 is 0 Å². The molecule has 1 N–H and O–H groups in total. The Morgan fingerprint density at radius 2 is 1.69 bits per heavy atom. The third-order valence-electron chi connectivity index (χ3n) is 2.27. The van der Waals surface area contributed by atoms with E-state index in [1.54, 1.807) is 0 Å². The summed E-state index contributed by atoms with van der Waals surface area (Å²) < 4.78 is 0. The molecular formula is C12H25O. The standard InChI is InChI=1S/C12H25O/c1-3-4-5-6-7-8-9-10-11-12(2)13/h10,12-13H,3-9,11H2,1-2H3. The van der Waals surface area contributed by atoms with Gasteiger partial charge in [0.2, 0.25) is 0 Å². The van der Waals surface area contributed by atoms with Crippen molar-refractivity contribution in [1.29, 1.82) is 0 Å². The molecule has 0 rings (SSSR count). The molecule has 1 radical (unpaired) electrons. The van der Waals surface area contributed by atoms with Crippen molar-refractivity contribution in [3.8, 4) is 0 Å². The van der Waals surface area contributed by atoms with Gasteiger partial charge in [-0.1, -0.05) is 51.9 Å². The van der Waals surface area contributed by atoms with Gasteiger partial charge in [0.1, 0.15) is 0 Å². The summed E-state index contributed by atoms with van der Waals surface area (Å²) in [4.78, 5) is 0. The highest BCUT2D eigenvalue weighted by atomic mass is 16.3. The zero-order valence-corrected chi connectivity index (χ0v) is 9.26. The van der Waals surface area contributed by atoms with Gasteiger partial charge in [0.25, 0.3) is 0 Å². The van der Waals surface area contributed by atoms with E-state index in [1.165, 1.54) is 44.9 Å². The summed E-state index contributed by atoms with van der Waals surface area (Å²) in [6.07, 6.45) is 12.2. The van der Waals surface area contributed by atoms with Gasteiger partial charge < -0.3 is 5.11 Å². The topological polar surface area (TPSA) is 20.2 Å². The Morgan fingerprint density at radius 3 is 2.31 bits per heavy atom. The minimum Gasteiger partial charge on any atom is -0.393 e. The molecule has 0 aromatic carbocycles. The van der Waals surface area contributed by atoms with Crippen LogP contribution in [0.3, 0.4) is 0 Å². The molecule has 13 heavy (non-hydrogen) atoms. The van der Waals surface area contributed by atoms with Crippen LogP contribution in [0.1, 0.15) is 65.2 Å². The number of aliphatic hydroxyl groups is 1. The van der Waals surface area contributed by atoms with E-state index in [0.29, 0.717) is 0 Å². The van der Waals surface area contributed by atoms with Gasteiger partial charge in [0, 0.05) is 0 Å². The number of hydrogen-bond acceptors (Lipinski definition) is 1. The van der Waals surface area contributed by atoms with Crippen molar-refractivity contribution in [3.05, 3.63) is 6.42 Å². The first-order chi connectivity index (χ1) is 6.27. The molecule has 0 bridgehead atoms. The van der Waals surface area contributed by atoms with E-state index in [-0.39, 0.29) is 6.10 Å². The van der Waals surface area contributed by atoms with Crippen molar-refractivity contribution in [1.82, 2.24) is 0 Å². The minimum absolute atomic E-state index is 0.153. The van der Waals surface area contributed by atoms with Crippen LogP contribution in [-0.4, -0.2) is 11.2 Å². The molecule has 1 nitrogen and oxygen atoms in total. The second-order valence-electron chi connectivity index (χ2n) is 3.93. The lowest BCUT2D eigenvalue weighted by Gasteiger charge is -2.03. The highest BCUT2D eigenvalue weighted by molar-refractivity contribution is 4.67. The normalized spacial score (nSPS) is 13.2. The van der Waals surface area contributed by atoms with E-state index in [2.05, 4.69) is 13.3 Å². The molecule has 0 saturated heterocycles. The van der Waals surface area contributed by atoms with E-state index < -0.39 is 0 Å². The van der Waals surface area contributed by atoms with Crippen molar-refractivity contribution in [2.24, 2.45) is 0 Å². The molecule has 0 fully saturated rings. The maximum Gasteiger partial charge on any atom is 0.0514 e. The summed E-state index contributed by atoms with van der Waals surface area (Å²) in [5, 5.41) is 8.99. The second-order valence-corrected chi connectivity index (χ2v) is 3.93. The van der Waals surface area contributed by atoms with Crippen molar-refractivity contribution in [2.45, 2.75) is 71.3 Å². The average molecular weight is 185 g/mol. The molecule has 0 aliphatic carbocycles. The fourth-order valence-corrected chi connectivity index (χ4v) is 1.43. The fourth-order valence-electron chi connectivity index (χ4n) is 1.43. The second kappa shape index (κ2) is 10.0. The van der Waals surface area contributed by atoms with Crippen LogP contribution in [-0.2, 0) is 0 Å². The molecule has 0 aromatic rings. The van der Waals surface area contributed by atoms with E-state index in [9.17, 15) is 0 Å². The van der Waals surface area contributed by atoms with Crippen molar-refractivity contribution < 1.29 is 5.11 Å². The quantitative estimate of drug-likeness (QED) is 0.543. The lowest BCUT2D eigenvalue weighted by atomic mass is 10.1. The molecular weight excluding hydrogens is 160 g/mol. The summed E-state index contributed by atoms with van der Waals surface area (Å²) >= 11 is 0. The zero-order chi connectivity index (χ0) is 9.94. The van der Waals surface area contributed by atoms with Crippen molar-refractivity contribution in [2.75, 3.05) is 0 Å². The van der Waals surface area contributed by atoms with Gasteiger partial charge in [-0.25, -0.2) is 0 Å². The van der Waals surface area contributed by atoms with E-state index in [0.717, 1.165) is 6.42 Å². The first-order valence-corrected chi connectivity index (χ1v) is 5.77. The Kier molecular flexibility index (Phi) is 10.0. The average Bonchev–Trinajstić information content (AvgIpc) is 2.09. The number of rotatable bonds is 9. The maximum absolute atomic E-state index is 8.99. The Hall–Kier alpha value is -0.0400. The molecule has 0 aliphatic rings. The molecule has 0 aromatic heterocycles. The summed E-state index contributed by atoms with van der Waals surface area (Å²) in [5.41, 5.74) is 0. The Balaban J connectivity index is 2.84. The lowest BCUT2D eigenvalue weighted by molar-refractivity contribution is 0.193. The third-order valence-corrected chi connectivity index (χ3v) is 2.27. The van der Waals surface area contributed by atoms with Gasteiger partial charge in [0.05, 0.1) is 6.10 Å². The summed E-state index contributed by atoms with van der Waals surface area (Å²) in [5.74, 6) is 0. The van der Waals surface area contributed by atoms with Crippen LogP contribution in [0.15, 0.2) is 0 Å². The van der Waals surface area contributed by atoms with Gasteiger partial charge in [-0.3, -0.25) is 0 Å². The first kappa shape index (κ1) is 13.0. The molecule has 1 atom stereocenters. The third kappa shape index (κ3) is 12.0. The largest absolute Gasteiger partial charge is 0.393 e. The van der Waals surface area contributed by atoms with Crippen LogP contribution in [0.4, 0.5) is 0 Å². The number of hydrogen-bond donors (Lipinski definition) is 1. The predicted octanol–water partition coefficient (Wildman–Crippen LogP) is 3.71. The molecule has 0 aliphatic heterocycles. The maximum atomic E-state index is 8.99. The first-order valence-electron chi connectivity index (χ1n) is 5.77. The van der Waals surface area contributed by atoms with Gasteiger partial charge in [0.15, 0.2) is 0 Å². The highest BCUT2D eigenvalue weighted by Crippen LogP contribution is 2.09. The van der Waals surface area contributed by atoms with Crippen LogP contribution in [0.5, 0.6) is 0 Å². The minimum atomic E-state index is -0.153. The van der Waals surface area contributed by atoms with Crippen LogP contribution < -0.4 is 0 Å². The summed E-state index contributed by atoms with van der Waals surface area (Å²) in [6, 6.07) is 0. The highest BCUT2D eigenvalue weighted by Gasteiger charge is 1.95. The SMILES string of the molecule is CCCCCCCC[CH]CC(C)O. The molecule has 0 spiro atoms. The molecule has 1 unspecified atom stereocenters. The number of unbranched alkanes of at least 4 members (excludes halogenated alkanes) is 7. The summed E-state index contributed by atoms with van der Waals surface area (Å²) in [7, 11) is 0. The monoisotopic (exact) mass is 185 g/mol. The van der Waals surface area contributed by atoms with Gasteiger partial charge in [-0.15, -0.1) is 0 Å². The van der Waals surface area contributed by atoms with E-state index in [1.807, 2.05) is 6.92 Å². The summed E-state index contributed by atoms with van der Waals surface area (Å²) in [6.45, 7) is 4.09. The lowest BCUT2D eigenvalue weighted by Crippen LogP contribution is -1.98. The van der Waals surface area contributed by atoms with Gasteiger partial charge >= 0.3 is 0 Å². The molecule has 0 amide bonds. The molecule has 0 saturated carbocycles. The van der Waals surface area contributed by atoms with Crippen LogP contribution in [0.2, 0.25) is 0 Å². The van der Waals surface area contributed by atoms with E-state index in [4.69, 9.17) is 5.11 Å². The van der Waals surface area contributed by atoms with Crippen LogP contribution in [0.25, 0.3) is 0 Å². The molecule has 79 valence electrons. The fraction of sp³-hybridized carbons (Fsp3) is 0.917. The molecule has 1 heteroatoms. The van der Waals surface area contributed by atoms with Crippen LogP contribution in [0, 0.1) is 6.42 Å². The van der Waals surface area contributed by atoms with Crippen molar-refractivity contribution >= 4 is 0 Å². The zero-order valence-electron chi connectivity index (χ0n) is 9.26. The number of aliphatic hydroxyl groups excluding tert-OH is 1. The van der Waals surface area contributed by atoms with Gasteiger partial charge in [-0.2, -0.15) is 0 Å². The van der Waals surface area contributed by atoms with Gasteiger partial charge in [-0.05, 0) is 19.8 Å². The Labute approximate surface area is 83.5 Å². The predicted molar refractivity (Wildman–Crippen MR) is 58.6 cm³/mol. The Bertz CT molecular complexity index is 89.1. The van der Waals surface area contributed by atoms with Crippen LogP contribution >= 0.6 is 0 Å². The Morgan fingerprint density at radius 1 is 1.08 bits per heavy atom. The van der Waals surface area contributed by atoms with Crippen molar-refractivity contribution in [3.63, 3.8) is 0 Å². The molecule has 0 heterocycles. The smallest absolute Gasteiger partial charge is 0.0514 e.